The summed E-state index contributed by atoms with van der Waals surface area (Å²) in [7, 11) is 1.67. The number of aryl methyl sites for hydroxylation is 2. The molecule has 0 fully saturated rings. The monoisotopic (exact) mass is 383 g/mol. The van der Waals surface area contributed by atoms with Crippen LogP contribution in [-0.2, 0) is 7.05 Å². The maximum absolute atomic E-state index is 13.1. The number of amides is 1. The molecule has 3 aromatic rings. The van der Waals surface area contributed by atoms with E-state index in [1.807, 2.05) is 25.1 Å². The van der Waals surface area contributed by atoms with Gasteiger partial charge in [0.15, 0.2) is 0 Å². The van der Waals surface area contributed by atoms with E-state index in [2.05, 4.69) is 36.3 Å². The van der Waals surface area contributed by atoms with Gasteiger partial charge in [-0.15, -0.1) is 11.3 Å². The molecule has 0 aliphatic heterocycles. The molecule has 1 amide bonds. The lowest BCUT2D eigenvalue weighted by atomic mass is 9.88. The van der Waals surface area contributed by atoms with Crippen molar-refractivity contribution >= 4 is 27.5 Å². The van der Waals surface area contributed by atoms with Crippen LogP contribution < -0.4 is 10.9 Å². The zero-order valence-corrected chi connectivity index (χ0v) is 17.0. The van der Waals surface area contributed by atoms with Gasteiger partial charge in [-0.05, 0) is 24.0 Å². The number of thiophene rings is 1. The fourth-order valence-corrected chi connectivity index (χ4v) is 4.57. The highest BCUT2D eigenvalue weighted by Gasteiger charge is 2.25. The van der Waals surface area contributed by atoms with E-state index in [1.54, 1.807) is 7.05 Å². The zero-order chi connectivity index (χ0) is 19.6. The molecule has 6 heteroatoms. The van der Waals surface area contributed by atoms with Crippen molar-refractivity contribution in [3.05, 3.63) is 63.0 Å². The summed E-state index contributed by atoms with van der Waals surface area (Å²) in [5.74, 6) is 0.204. The number of carbonyl (C=O) groups is 1. The first-order valence-electron chi connectivity index (χ1n) is 9.28. The smallest absolute Gasteiger partial charge is 0.262 e. The van der Waals surface area contributed by atoms with Crippen LogP contribution in [0.25, 0.3) is 10.2 Å². The summed E-state index contributed by atoms with van der Waals surface area (Å²) in [6.45, 7) is 6.12. The van der Waals surface area contributed by atoms with Crippen molar-refractivity contribution in [1.82, 2.24) is 14.9 Å². The third kappa shape index (κ3) is 3.67. The summed E-state index contributed by atoms with van der Waals surface area (Å²) < 4.78 is 1.45. The Morgan fingerprint density at radius 2 is 1.89 bits per heavy atom. The molecule has 27 heavy (non-hydrogen) atoms. The number of carbonyl (C=O) groups excluding carboxylic acids is 1. The van der Waals surface area contributed by atoms with Gasteiger partial charge in [0, 0.05) is 7.05 Å². The number of aromatic nitrogens is 2. The first kappa shape index (κ1) is 19.3. The van der Waals surface area contributed by atoms with Crippen molar-refractivity contribution < 1.29 is 4.79 Å². The number of rotatable bonds is 6. The van der Waals surface area contributed by atoms with E-state index < -0.39 is 0 Å². The SMILES string of the molecule is CCC(CC)C(NC(=O)c1sc2ncn(C)c(=O)c2c1C)c1ccccc1. The molecule has 0 saturated carbocycles. The fourth-order valence-electron chi connectivity index (χ4n) is 3.53. The summed E-state index contributed by atoms with van der Waals surface area (Å²) in [6.07, 6.45) is 3.45. The first-order chi connectivity index (χ1) is 13.0. The largest absolute Gasteiger partial charge is 0.344 e. The molecule has 3 rings (SSSR count). The van der Waals surface area contributed by atoms with Crippen LogP contribution in [-0.4, -0.2) is 15.5 Å². The third-order valence-electron chi connectivity index (χ3n) is 5.18. The highest BCUT2D eigenvalue weighted by Crippen LogP contribution is 2.30. The van der Waals surface area contributed by atoms with Crippen LogP contribution in [0.1, 0.15) is 53.5 Å². The van der Waals surface area contributed by atoms with Gasteiger partial charge in [0.05, 0.1) is 22.6 Å². The van der Waals surface area contributed by atoms with Crippen molar-refractivity contribution in [2.75, 3.05) is 0 Å². The second kappa shape index (κ2) is 8.05. The number of nitrogens with zero attached hydrogens (tertiary/aromatic N) is 2. The minimum Gasteiger partial charge on any atom is -0.344 e. The van der Waals surface area contributed by atoms with Crippen molar-refractivity contribution in [3.8, 4) is 0 Å². The molecule has 5 nitrogen and oxygen atoms in total. The van der Waals surface area contributed by atoms with Crippen LogP contribution in [0, 0.1) is 12.8 Å². The Balaban J connectivity index is 1.99. The predicted molar refractivity (Wildman–Crippen MR) is 110 cm³/mol. The molecular weight excluding hydrogens is 358 g/mol. The number of fused-ring (bicyclic) bond motifs is 1. The van der Waals surface area contributed by atoms with Crippen LogP contribution in [0.5, 0.6) is 0 Å². The summed E-state index contributed by atoms with van der Waals surface area (Å²) in [5.41, 5.74) is 1.69. The van der Waals surface area contributed by atoms with E-state index in [9.17, 15) is 9.59 Å². The molecule has 0 aliphatic carbocycles. The third-order valence-corrected chi connectivity index (χ3v) is 6.38. The van der Waals surface area contributed by atoms with Crippen LogP contribution >= 0.6 is 11.3 Å². The second-order valence-electron chi connectivity index (χ2n) is 6.84. The fraction of sp³-hybridized carbons (Fsp3) is 0.381. The van der Waals surface area contributed by atoms with Gasteiger partial charge in [-0.3, -0.25) is 9.59 Å². The number of nitrogens with one attached hydrogen (secondary N) is 1. The minimum atomic E-state index is -0.140. The Kier molecular flexibility index (Phi) is 5.75. The van der Waals surface area contributed by atoms with Gasteiger partial charge in [-0.25, -0.2) is 4.98 Å². The quantitative estimate of drug-likeness (QED) is 0.693. The van der Waals surface area contributed by atoms with Crippen molar-refractivity contribution in [2.45, 2.75) is 39.7 Å². The molecule has 1 unspecified atom stereocenters. The van der Waals surface area contributed by atoms with Crippen LogP contribution in [0.3, 0.4) is 0 Å². The topological polar surface area (TPSA) is 64.0 Å². The molecule has 1 aromatic carbocycles. The molecule has 0 saturated heterocycles. The normalized spacial score (nSPS) is 12.5. The Morgan fingerprint density at radius 3 is 2.52 bits per heavy atom. The summed E-state index contributed by atoms with van der Waals surface area (Å²) in [4.78, 5) is 31.0. The van der Waals surface area contributed by atoms with E-state index in [4.69, 9.17) is 0 Å². The molecule has 2 aromatic heterocycles. The highest BCUT2D eigenvalue weighted by atomic mass is 32.1. The first-order valence-corrected chi connectivity index (χ1v) is 10.1. The number of benzene rings is 1. The van der Waals surface area contributed by atoms with Gasteiger partial charge in [-0.2, -0.15) is 0 Å². The van der Waals surface area contributed by atoms with Gasteiger partial charge in [0.25, 0.3) is 11.5 Å². The lowest BCUT2D eigenvalue weighted by Gasteiger charge is -2.27. The van der Waals surface area contributed by atoms with Gasteiger partial charge in [0.1, 0.15) is 4.83 Å². The lowest BCUT2D eigenvalue weighted by molar-refractivity contribution is 0.0923. The van der Waals surface area contributed by atoms with Gasteiger partial charge in [-0.1, -0.05) is 57.0 Å². The molecule has 142 valence electrons. The Labute approximate surface area is 163 Å². The Morgan fingerprint density at radius 1 is 1.22 bits per heavy atom. The van der Waals surface area contributed by atoms with Crippen LogP contribution in [0.2, 0.25) is 0 Å². The summed E-state index contributed by atoms with van der Waals surface area (Å²) in [5, 5.41) is 3.76. The molecule has 0 radical (unpaired) electrons. The predicted octanol–water partition coefficient (Wildman–Crippen LogP) is 4.21. The molecule has 0 aliphatic rings. The summed E-state index contributed by atoms with van der Waals surface area (Å²) in [6, 6.07) is 10.0. The summed E-state index contributed by atoms with van der Waals surface area (Å²) >= 11 is 1.28. The molecule has 0 bridgehead atoms. The lowest BCUT2D eigenvalue weighted by Crippen LogP contribution is -2.33. The zero-order valence-electron chi connectivity index (χ0n) is 16.2. The molecule has 0 spiro atoms. The minimum absolute atomic E-state index is 0.0610. The maximum Gasteiger partial charge on any atom is 0.262 e. The van der Waals surface area contributed by atoms with E-state index in [0.29, 0.717) is 26.6 Å². The van der Waals surface area contributed by atoms with Gasteiger partial charge >= 0.3 is 0 Å². The van der Waals surface area contributed by atoms with Crippen LogP contribution in [0.15, 0.2) is 41.5 Å². The van der Waals surface area contributed by atoms with Crippen molar-refractivity contribution in [3.63, 3.8) is 0 Å². The van der Waals surface area contributed by atoms with Crippen molar-refractivity contribution in [1.29, 1.82) is 0 Å². The average molecular weight is 384 g/mol. The maximum atomic E-state index is 13.1. The average Bonchev–Trinajstić information content (AvgIpc) is 3.02. The molecular formula is C21H25N3O2S. The molecule has 1 N–H and O–H groups in total. The second-order valence-corrected chi connectivity index (χ2v) is 7.83. The number of hydrogen-bond donors (Lipinski definition) is 1. The van der Waals surface area contributed by atoms with E-state index >= 15 is 0 Å². The van der Waals surface area contributed by atoms with E-state index in [0.717, 1.165) is 18.4 Å². The van der Waals surface area contributed by atoms with E-state index in [1.165, 1.54) is 22.2 Å². The molecule has 2 heterocycles. The highest BCUT2D eigenvalue weighted by molar-refractivity contribution is 7.20. The van der Waals surface area contributed by atoms with E-state index in [-0.39, 0.29) is 17.5 Å². The van der Waals surface area contributed by atoms with Gasteiger partial charge in [0.2, 0.25) is 0 Å². The standard InChI is InChI=1S/C21H25N3O2S/c1-5-14(6-2)17(15-10-8-7-9-11-15)23-19(25)18-13(3)16-20(27-18)22-12-24(4)21(16)26/h7-12,14,17H,5-6H2,1-4H3,(H,23,25). The van der Waals surface area contributed by atoms with Crippen LogP contribution in [0.4, 0.5) is 0 Å². The molecule has 1 atom stereocenters. The number of hydrogen-bond acceptors (Lipinski definition) is 4. The Bertz CT molecular complexity index is 1000. The Hall–Kier alpha value is -2.47. The van der Waals surface area contributed by atoms with Gasteiger partial charge < -0.3 is 9.88 Å². The van der Waals surface area contributed by atoms with Crippen molar-refractivity contribution in [2.24, 2.45) is 13.0 Å².